The van der Waals surface area contributed by atoms with E-state index in [-0.39, 0.29) is 16.2 Å². The van der Waals surface area contributed by atoms with Gasteiger partial charge in [-0.15, -0.1) is 0 Å². The first kappa shape index (κ1) is 20.7. The minimum absolute atomic E-state index is 0.127. The summed E-state index contributed by atoms with van der Waals surface area (Å²) in [5, 5.41) is 4.78. The summed E-state index contributed by atoms with van der Waals surface area (Å²) < 4.78 is 56.2. The maximum Gasteiger partial charge on any atom is 0.387 e. The lowest BCUT2D eigenvalue weighted by molar-refractivity contribution is -0.0499. The molecular weight excluding hydrogens is 412 g/mol. The highest BCUT2D eigenvalue weighted by atomic mass is 32.2. The smallest absolute Gasteiger partial charge is 0.387 e. The first-order chi connectivity index (χ1) is 14.1. The van der Waals surface area contributed by atoms with E-state index in [1.54, 1.807) is 6.07 Å². The second-order valence-electron chi connectivity index (χ2n) is 8.44. The van der Waals surface area contributed by atoms with Gasteiger partial charge in [0.2, 0.25) is 0 Å². The van der Waals surface area contributed by atoms with E-state index in [0.29, 0.717) is 16.8 Å². The van der Waals surface area contributed by atoms with Crippen LogP contribution in [-0.2, 0) is 10.0 Å². The number of aromatic nitrogens is 2. The third-order valence-corrected chi connectivity index (χ3v) is 7.01. The van der Waals surface area contributed by atoms with Crippen LogP contribution in [0.3, 0.4) is 0 Å². The average Bonchev–Trinajstić information content (AvgIpc) is 3.03. The summed E-state index contributed by atoms with van der Waals surface area (Å²) in [4.78, 5) is 2.22. The van der Waals surface area contributed by atoms with Crippen LogP contribution in [0.5, 0.6) is 5.75 Å². The minimum Gasteiger partial charge on any atom is -0.435 e. The molecule has 1 aliphatic heterocycles. The highest BCUT2D eigenvalue weighted by Crippen LogP contribution is 2.34. The molecular formula is C21H23F2N3O3S. The zero-order valence-electron chi connectivity index (χ0n) is 16.9. The van der Waals surface area contributed by atoms with Crippen molar-refractivity contribution in [3.8, 4) is 5.75 Å². The van der Waals surface area contributed by atoms with E-state index >= 15 is 0 Å². The summed E-state index contributed by atoms with van der Waals surface area (Å²) in [7, 11) is -4.06. The Kier molecular flexibility index (Phi) is 5.06. The molecule has 0 amide bonds. The number of nitrogens with zero attached hydrogens (tertiary/aromatic N) is 3. The first-order valence-corrected chi connectivity index (χ1v) is 11.0. The first-order valence-electron chi connectivity index (χ1n) is 9.59. The number of halogens is 2. The lowest BCUT2D eigenvalue weighted by Crippen LogP contribution is -2.54. The van der Waals surface area contributed by atoms with Gasteiger partial charge in [-0.05, 0) is 50.6 Å². The number of fused-ring (bicyclic) bond motifs is 1. The number of alkyl halides is 2. The Hall–Kier alpha value is -2.52. The standard InChI is InChI=1S/C21H23F2N3O3S/c1-21(2,3)25-12-16(13-25)14-7-8-19-15(9-14)11-24-26(19)30(27,28)18-6-4-5-17(10-18)29-20(22)23/h4-11,16,20H,12-13H2,1-3H3. The van der Waals surface area contributed by atoms with Gasteiger partial charge in [0, 0.05) is 36.0 Å². The molecule has 6 nitrogen and oxygen atoms in total. The Balaban J connectivity index is 1.63. The Morgan fingerprint density at radius 3 is 2.53 bits per heavy atom. The van der Waals surface area contributed by atoms with Crippen molar-refractivity contribution in [1.29, 1.82) is 0 Å². The molecule has 0 spiro atoms. The number of rotatable bonds is 5. The molecule has 1 aliphatic rings. The molecule has 0 saturated carbocycles. The third-order valence-electron chi connectivity index (χ3n) is 5.42. The molecule has 0 N–H and O–H groups in total. The Bertz CT molecular complexity index is 1180. The van der Waals surface area contributed by atoms with Crippen LogP contribution in [0.4, 0.5) is 8.78 Å². The number of hydrogen-bond donors (Lipinski definition) is 0. The van der Waals surface area contributed by atoms with Crippen LogP contribution in [-0.4, -0.2) is 47.7 Å². The fraction of sp³-hybridized carbons (Fsp3) is 0.381. The molecule has 3 aromatic rings. The fourth-order valence-corrected chi connectivity index (χ4v) is 4.93. The van der Waals surface area contributed by atoms with Gasteiger partial charge in [-0.2, -0.15) is 26.4 Å². The number of likely N-dealkylation sites (tertiary alicyclic amines) is 1. The molecule has 30 heavy (non-hydrogen) atoms. The normalized spacial score (nSPS) is 16.2. The number of ether oxygens (including phenoxy) is 1. The van der Waals surface area contributed by atoms with Crippen LogP contribution < -0.4 is 4.74 Å². The van der Waals surface area contributed by atoms with Crippen LogP contribution in [0, 0.1) is 0 Å². The van der Waals surface area contributed by atoms with Gasteiger partial charge in [0.25, 0.3) is 10.0 Å². The second-order valence-corrected chi connectivity index (χ2v) is 10.2. The summed E-state index contributed by atoms with van der Waals surface area (Å²) in [6, 6.07) is 10.7. The van der Waals surface area contributed by atoms with Gasteiger partial charge >= 0.3 is 6.61 Å². The quantitative estimate of drug-likeness (QED) is 0.605. The number of hydrogen-bond acceptors (Lipinski definition) is 5. The zero-order chi connectivity index (χ0) is 21.7. The molecule has 9 heteroatoms. The van der Waals surface area contributed by atoms with Crippen LogP contribution in [0.25, 0.3) is 10.9 Å². The van der Waals surface area contributed by atoms with E-state index in [4.69, 9.17) is 0 Å². The van der Waals surface area contributed by atoms with Crippen LogP contribution in [0.15, 0.2) is 53.6 Å². The monoisotopic (exact) mass is 435 g/mol. The van der Waals surface area contributed by atoms with Gasteiger partial charge < -0.3 is 4.74 Å². The third kappa shape index (κ3) is 3.79. The SMILES string of the molecule is CC(C)(C)N1CC(c2ccc3c(cnn3S(=O)(=O)c3cccc(OC(F)F)c3)c2)C1. The van der Waals surface area contributed by atoms with Crippen LogP contribution in [0.2, 0.25) is 0 Å². The molecule has 0 unspecified atom stereocenters. The lowest BCUT2D eigenvalue weighted by Gasteiger charge is -2.48. The second kappa shape index (κ2) is 7.31. The van der Waals surface area contributed by atoms with Gasteiger partial charge in [0.1, 0.15) is 5.75 Å². The lowest BCUT2D eigenvalue weighted by atomic mass is 9.87. The maximum absolute atomic E-state index is 13.0. The Morgan fingerprint density at radius 1 is 1.13 bits per heavy atom. The van der Waals surface area contributed by atoms with Crippen molar-refractivity contribution in [3.05, 3.63) is 54.2 Å². The van der Waals surface area contributed by atoms with Crippen molar-refractivity contribution in [1.82, 2.24) is 14.1 Å². The molecule has 0 atom stereocenters. The van der Waals surface area contributed by atoms with Gasteiger partial charge in [-0.3, -0.25) is 4.90 Å². The molecule has 160 valence electrons. The highest BCUT2D eigenvalue weighted by Gasteiger charge is 2.35. The van der Waals surface area contributed by atoms with E-state index in [1.807, 2.05) is 12.1 Å². The summed E-state index contributed by atoms with van der Waals surface area (Å²) in [5.41, 5.74) is 1.71. The molecule has 1 saturated heterocycles. The van der Waals surface area contributed by atoms with E-state index in [2.05, 4.69) is 35.5 Å². The van der Waals surface area contributed by atoms with Crippen molar-refractivity contribution < 1.29 is 21.9 Å². The average molecular weight is 435 g/mol. The summed E-state index contributed by atoms with van der Waals surface area (Å²) in [6.07, 6.45) is 1.51. The molecule has 1 fully saturated rings. The summed E-state index contributed by atoms with van der Waals surface area (Å²) in [5.74, 6) is 0.176. The van der Waals surface area contributed by atoms with Crippen LogP contribution >= 0.6 is 0 Å². The van der Waals surface area contributed by atoms with Crippen LogP contribution in [0.1, 0.15) is 32.3 Å². The van der Waals surface area contributed by atoms with Gasteiger partial charge in [-0.25, -0.2) is 0 Å². The van der Waals surface area contributed by atoms with Gasteiger partial charge in [0.15, 0.2) is 0 Å². The van der Waals surface area contributed by atoms with Crippen molar-refractivity contribution in [2.45, 2.75) is 43.7 Å². The molecule has 2 aromatic carbocycles. The van der Waals surface area contributed by atoms with Crippen molar-refractivity contribution in [2.24, 2.45) is 0 Å². The fourth-order valence-electron chi connectivity index (χ4n) is 3.62. The summed E-state index contributed by atoms with van der Waals surface area (Å²) in [6.45, 7) is 5.43. The number of benzene rings is 2. The van der Waals surface area contributed by atoms with E-state index < -0.39 is 16.6 Å². The van der Waals surface area contributed by atoms with Gasteiger partial charge in [0.05, 0.1) is 16.6 Å². The summed E-state index contributed by atoms with van der Waals surface area (Å²) >= 11 is 0. The predicted octanol–water partition coefficient (Wildman–Crippen LogP) is 4.07. The Morgan fingerprint density at radius 2 is 1.87 bits per heavy atom. The molecule has 0 bridgehead atoms. The minimum atomic E-state index is -4.06. The highest BCUT2D eigenvalue weighted by molar-refractivity contribution is 7.90. The molecule has 1 aromatic heterocycles. The van der Waals surface area contributed by atoms with E-state index in [1.165, 1.54) is 24.4 Å². The van der Waals surface area contributed by atoms with Crippen molar-refractivity contribution >= 4 is 20.9 Å². The predicted molar refractivity (Wildman–Crippen MR) is 109 cm³/mol. The van der Waals surface area contributed by atoms with Crippen molar-refractivity contribution in [3.63, 3.8) is 0 Å². The Labute approximate surface area is 174 Å². The topological polar surface area (TPSA) is 64.4 Å². The van der Waals surface area contributed by atoms with E-state index in [0.717, 1.165) is 28.8 Å². The molecule has 0 aliphatic carbocycles. The zero-order valence-corrected chi connectivity index (χ0v) is 17.7. The molecule has 4 rings (SSSR count). The maximum atomic E-state index is 13.0. The molecule has 0 radical (unpaired) electrons. The largest absolute Gasteiger partial charge is 0.435 e. The van der Waals surface area contributed by atoms with Gasteiger partial charge in [-0.1, -0.05) is 12.1 Å². The van der Waals surface area contributed by atoms with E-state index in [9.17, 15) is 17.2 Å². The molecule has 2 heterocycles. The van der Waals surface area contributed by atoms with Crippen molar-refractivity contribution in [2.75, 3.05) is 13.1 Å².